The van der Waals surface area contributed by atoms with E-state index in [1.807, 2.05) is 0 Å². The van der Waals surface area contributed by atoms with Crippen LogP contribution in [-0.4, -0.2) is 38.3 Å². The van der Waals surface area contributed by atoms with Crippen molar-refractivity contribution in [3.8, 4) is 0 Å². The van der Waals surface area contributed by atoms with Gasteiger partial charge in [-0.3, -0.25) is 9.59 Å². The lowest BCUT2D eigenvalue weighted by Gasteiger charge is -2.28. The zero-order valence-electron chi connectivity index (χ0n) is 10.6. The highest BCUT2D eigenvalue weighted by atomic mass is 19.3. The Balaban J connectivity index is 2.69. The predicted molar refractivity (Wildman–Crippen MR) is 59.3 cm³/mol. The summed E-state index contributed by atoms with van der Waals surface area (Å²) in [5.41, 5.74) is 0. The molecule has 1 aliphatic carbocycles. The second-order valence-corrected chi connectivity index (χ2v) is 4.48. The first-order chi connectivity index (χ1) is 9.01. The van der Waals surface area contributed by atoms with E-state index in [0.717, 1.165) is 6.42 Å². The highest BCUT2D eigenvalue weighted by Gasteiger charge is 2.39. The van der Waals surface area contributed by atoms with Crippen molar-refractivity contribution in [1.29, 1.82) is 0 Å². The van der Waals surface area contributed by atoms with Crippen LogP contribution in [0.3, 0.4) is 0 Å². The topological polar surface area (TPSA) is 52.6 Å². The van der Waals surface area contributed by atoms with E-state index in [2.05, 4.69) is 9.47 Å². The van der Waals surface area contributed by atoms with E-state index in [0.29, 0.717) is 19.3 Å². The molecule has 3 atom stereocenters. The second kappa shape index (κ2) is 7.35. The van der Waals surface area contributed by atoms with Gasteiger partial charge in [-0.1, -0.05) is 12.8 Å². The van der Waals surface area contributed by atoms with E-state index in [9.17, 15) is 22.8 Å². The third kappa shape index (κ3) is 4.11. The van der Waals surface area contributed by atoms with E-state index < -0.39 is 43.0 Å². The van der Waals surface area contributed by atoms with Crippen LogP contribution in [0.5, 0.6) is 0 Å². The Morgan fingerprint density at radius 2 is 1.68 bits per heavy atom. The summed E-state index contributed by atoms with van der Waals surface area (Å²) in [6.07, 6.45) is -2.88. The number of ether oxygens (including phenoxy) is 2. The van der Waals surface area contributed by atoms with Crippen LogP contribution in [0.25, 0.3) is 0 Å². The van der Waals surface area contributed by atoms with Crippen LogP contribution in [0.4, 0.5) is 13.2 Å². The zero-order valence-corrected chi connectivity index (χ0v) is 10.6. The number of rotatable bonds is 5. The van der Waals surface area contributed by atoms with Crippen molar-refractivity contribution < 1.29 is 32.2 Å². The molecule has 0 aliphatic heterocycles. The fourth-order valence-corrected chi connectivity index (χ4v) is 2.23. The Labute approximate surface area is 109 Å². The number of alkyl halides is 3. The molecule has 7 heteroatoms. The molecule has 0 radical (unpaired) electrons. The molecular weight excluding hydrogens is 265 g/mol. The van der Waals surface area contributed by atoms with Crippen molar-refractivity contribution >= 4 is 11.9 Å². The van der Waals surface area contributed by atoms with Gasteiger partial charge in [-0.15, -0.1) is 0 Å². The lowest BCUT2D eigenvalue weighted by Crippen LogP contribution is -2.38. The number of hydrogen-bond donors (Lipinski definition) is 0. The van der Waals surface area contributed by atoms with Crippen molar-refractivity contribution in [2.75, 3.05) is 13.8 Å². The van der Waals surface area contributed by atoms with Crippen LogP contribution in [-0.2, 0) is 19.1 Å². The van der Waals surface area contributed by atoms with Crippen LogP contribution in [0.1, 0.15) is 25.7 Å². The van der Waals surface area contributed by atoms with Gasteiger partial charge >= 0.3 is 11.9 Å². The van der Waals surface area contributed by atoms with E-state index >= 15 is 0 Å². The molecule has 1 aliphatic rings. The van der Waals surface area contributed by atoms with E-state index in [4.69, 9.17) is 0 Å². The smallest absolute Gasteiger partial charge is 0.310 e. The average Bonchev–Trinajstić information content (AvgIpc) is 2.43. The lowest BCUT2D eigenvalue weighted by molar-refractivity contribution is -0.171. The highest BCUT2D eigenvalue weighted by molar-refractivity contribution is 5.82. The molecule has 0 saturated heterocycles. The van der Waals surface area contributed by atoms with Gasteiger partial charge in [0.15, 0.2) is 6.10 Å². The van der Waals surface area contributed by atoms with Crippen molar-refractivity contribution in [2.45, 2.75) is 38.2 Å². The largest absolute Gasteiger partial charge is 0.469 e. The van der Waals surface area contributed by atoms with Crippen molar-refractivity contribution in [3.05, 3.63) is 0 Å². The number of halogens is 3. The van der Waals surface area contributed by atoms with Crippen molar-refractivity contribution in [3.63, 3.8) is 0 Å². The molecule has 110 valence electrons. The van der Waals surface area contributed by atoms with Gasteiger partial charge in [0.1, 0.15) is 6.67 Å². The third-order valence-electron chi connectivity index (χ3n) is 3.27. The lowest BCUT2D eigenvalue weighted by atomic mass is 9.79. The summed E-state index contributed by atoms with van der Waals surface area (Å²) in [6, 6.07) is 0. The number of hydrogen-bond acceptors (Lipinski definition) is 4. The Bertz CT molecular complexity index is 322. The van der Waals surface area contributed by atoms with Crippen LogP contribution in [0.15, 0.2) is 0 Å². The maximum Gasteiger partial charge on any atom is 0.310 e. The molecule has 4 nitrogen and oxygen atoms in total. The second-order valence-electron chi connectivity index (χ2n) is 4.48. The molecule has 0 aromatic heterocycles. The van der Waals surface area contributed by atoms with Gasteiger partial charge in [-0.2, -0.15) is 0 Å². The maximum absolute atomic E-state index is 12.3. The minimum absolute atomic E-state index is 0.362. The molecule has 1 fully saturated rings. The quantitative estimate of drug-likeness (QED) is 0.725. The Morgan fingerprint density at radius 3 is 2.11 bits per heavy atom. The monoisotopic (exact) mass is 282 g/mol. The summed E-state index contributed by atoms with van der Waals surface area (Å²) in [5, 5.41) is 0. The summed E-state index contributed by atoms with van der Waals surface area (Å²) < 4.78 is 46.0. The highest BCUT2D eigenvalue weighted by Crippen LogP contribution is 2.32. The Morgan fingerprint density at radius 1 is 1.16 bits per heavy atom. The van der Waals surface area contributed by atoms with Gasteiger partial charge in [0.2, 0.25) is 0 Å². The molecule has 0 bridgehead atoms. The first kappa shape index (κ1) is 15.8. The van der Waals surface area contributed by atoms with E-state index in [-0.39, 0.29) is 0 Å². The molecule has 0 amide bonds. The van der Waals surface area contributed by atoms with Crippen LogP contribution in [0.2, 0.25) is 0 Å². The van der Waals surface area contributed by atoms with Gasteiger partial charge in [0.25, 0.3) is 6.43 Å². The summed E-state index contributed by atoms with van der Waals surface area (Å²) >= 11 is 0. The van der Waals surface area contributed by atoms with Gasteiger partial charge < -0.3 is 9.47 Å². The summed E-state index contributed by atoms with van der Waals surface area (Å²) in [5.74, 6) is -3.02. The molecule has 1 saturated carbocycles. The number of methoxy groups -OCH3 is 1. The third-order valence-corrected chi connectivity index (χ3v) is 3.27. The van der Waals surface area contributed by atoms with E-state index in [1.165, 1.54) is 7.11 Å². The normalized spacial score (nSPS) is 24.9. The molecule has 0 aromatic rings. The molecule has 0 spiro atoms. The van der Waals surface area contributed by atoms with Crippen LogP contribution in [0, 0.1) is 11.8 Å². The minimum Gasteiger partial charge on any atom is -0.469 e. The average molecular weight is 282 g/mol. The molecule has 19 heavy (non-hydrogen) atoms. The summed E-state index contributed by atoms with van der Waals surface area (Å²) in [7, 11) is 1.20. The Hall–Kier alpha value is -1.27. The standard InChI is InChI=1S/C12H17F3O4/c1-18-11(16)7-4-2-3-5-8(7)12(17)19-9(6-13)10(14)15/h7-10H,2-6H2,1H3. The first-order valence-corrected chi connectivity index (χ1v) is 6.13. The maximum atomic E-state index is 12.3. The molecular formula is C12H17F3O4. The van der Waals surface area contributed by atoms with Crippen LogP contribution >= 0.6 is 0 Å². The molecule has 0 aromatic carbocycles. The fraction of sp³-hybridized carbons (Fsp3) is 0.833. The van der Waals surface area contributed by atoms with Crippen molar-refractivity contribution in [1.82, 2.24) is 0 Å². The fourth-order valence-electron chi connectivity index (χ4n) is 2.23. The number of esters is 2. The molecule has 1 rings (SSSR count). The van der Waals surface area contributed by atoms with Crippen molar-refractivity contribution in [2.24, 2.45) is 11.8 Å². The van der Waals surface area contributed by atoms with E-state index in [1.54, 1.807) is 0 Å². The molecule has 0 N–H and O–H groups in total. The number of carbonyl (C=O) groups excluding carboxylic acids is 2. The first-order valence-electron chi connectivity index (χ1n) is 6.13. The van der Waals surface area contributed by atoms with Gasteiger partial charge in [0, 0.05) is 0 Å². The van der Waals surface area contributed by atoms with Crippen LogP contribution < -0.4 is 0 Å². The molecule has 3 unspecified atom stereocenters. The van der Waals surface area contributed by atoms with Gasteiger partial charge in [0.05, 0.1) is 18.9 Å². The predicted octanol–water partition coefficient (Wildman–Crippen LogP) is 2.11. The molecule has 0 heterocycles. The minimum atomic E-state index is -3.07. The summed E-state index contributed by atoms with van der Waals surface area (Å²) in [4.78, 5) is 23.3. The van der Waals surface area contributed by atoms with Gasteiger partial charge in [-0.25, -0.2) is 13.2 Å². The SMILES string of the molecule is COC(=O)C1CCCCC1C(=O)OC(CF)C(F)F. The zero-order chi connectivity index (χ0) is 14.4. The Kier molecular flexibility index (Phi) is 6.11. The van der Waals surface area contributed by atoms with Gasteiger partial charge in [-0.05, 0) is 12.8 Å². The number of carbonyl (C=O) groups is 2. The summed E-state index contributed by atoms with van der Waals surface area (Å²) in [6.45, 7) is -1.45.